The first-order chi connectivity index (χ1) is 11.2. The van der Waals surface area contributed by atoms with Crippen LogP contribution in [0.4, 0.5) is 10.6 Å². The van der Waals surface area contributed by atoms with Crippen LogP contribution in [0.25, 0.3) is 10.2 Å². The minimum absolute atomic E-state index is 0.0979. The van der Waals surface area contributed by atoms with Crippen LogP contribution in [0.2, 0.25) is 0 Å². The SMILES string of the molecule is C#CCNC(=O)N1CCN(c2ncnc3sc(CC)cc23)CC1. The van der Waals surface area contributed by atoms with Gasteiger partial charge in [0.15, 0.2) is 0 Å². The molecule has 2 aromatic rings. The number of carbonyl (C=O) groups excluding carboxylic acids is 1. The van der Waals surface area contributed by atoms with E-state index in [1.54, 1.807) is 22.6 Å². The molecule has 1 saturated heterocycles. The van der Waals surface area contributed by atoms with Crippen molar-refractivity contribution in [3.8, 4) is 12.3 Å². The number of thiophene rings is 1. The lowest BCUT2D eigenvalue weighted by Gasteiger charge is -2.35. The van der Waals surface area contributed by atoms with Gasteiger partial charge in [-0.05, 0) is 12.5 Å². The second-order valence-electron chi connectivity index (χ2n) is 5.32. The van der Waals surface area contributed by atoms with Crippen LogP contribution in [0.5, 0.6) is 0 Å². The number of aryl methyl sites for hydroxylation is 1. The molecule has 1 aliphatic heterocycles. The summed E-state index contributed by atoms with van der Waals surface area (Å²) in [4.78, 5) is 27.1. The maximum absolute atomic E-state index is 11.9. The van der Waals surface area contributed by atoms with Gasteiger partial charge < -0.3 is 15.1 Å². The molecule has 0 unspecified atom stereocenters. The molecule has 0 bridgehead atoms. The normalized spacial score (nSPS) is 14.8. The number of piperazine rings is 1. The van der Waals surface area contributed by atoms with E-state index in [1.807, 2.05) is 0 Å². The lowest BCUT2D eigenvalue weighted by molar-refractivity contribution is 0.195. The van der Waals surface area contributed by atoms with Gasteiger partial charge in [-0.1, -0.05) is 12.8 Å². The third-order valence-electron chi connectivity index (χ3n) is 3.92. The third kappa shape index (κ3) is 3.22. The summed E-state index contributed by atoms with van der Waals surface area (Å²) in [6.07, 6.45) is 7.79. The quantitative estimate of drug-likeness (QED) is 0.871. The molecule has 1 N–H and O–H groups in total. The van der Waals surface area contributed by atoms with Crippen LogP contribution in [0.15, 0.2) is 12.4 Å². The molecule has 1 fully saturated rings. The summed E-state index contributed by atoms with van der Waals surface area (Å²) in [6.45, 7) is 5.24. The molecule has 0 radical (unpaired) electrons. The fourth-order valence-electron chi connectivity index (χ4n) is 2.68. The van der Waals surface area contributed by atoms with Crippen molar-refractivity contribution in [1.82, 2.24) is 20.2 Å². The van der Waals surface area contributed by atoms with E-state index in [0.29, 0.717) is 13.1 Å². The van der Waals surface area contributed by atoms with E-state index < -0.39 is 0 Å². The molecule has 0 aliphatic carbocycles. The predicted molar refractivity (Wildman–Crippen MR) is 92.8 cm³/mol. The number of nitrogens with zero attached hydrogens (tertiary/aromatic N) is 4. The van der Waals surface area contributed by atoms with Crippen molar-refractivity contribution >= 4 is 33.4 Å². The Hall–Kier alpha value is -2.33. The minimum Gasteiger partial charge on any atom is -0.352 e. The number of carbonyl (C=O) groups is 1. The molecule has 2 aromatic heterocycles. The number of fused-ring (bicyclic) bond motifs is 1. The van der Waals surface area contributed by atoms with Crippen LogP contribution in [0.3, 0.4) is 0 Å². The summed E-state index contributed by atoms with van der Waals surface area (Å²) in [7, 11) is 0. The number of hydrogen-bond donors (Lipinski definition) is 1. The molecule has 3 rings (SSSR count). The zero-order valence-electron chi connectivity index (χ0n) is 13.1. The first kappa shape index (κ1) is 15.6. The molecule has 120 valence electrons. The van der Waals surface area contributed by atoms with Crippen molar-refractivity contribution in [2.75, 3.05) is 37.6 Å². The molecule has 23 heavy (non-hydrogen) atoms. The molecule has 3 heterocycles. The first-order valence-corrected chi connectivity index (χ1v) is 8.49. The zero-order valence-corrected chi connectivity index (χ0v) is 13.9. The minimum atomic E-state index is -0.0979. The highest BCUT2D eigenvalue weighted by Gasteiger charge is 2.23. The van der Waals surface area contributed by atoms with E-state index in [1.165, 1.54) is 4.88 Å². The standard InChI is InChI=1S/C16H19N5OS/c1-3-5-17-16(22)21-8-6-20(7-9-21)14-13-10-12(4-2)23-15(13)19-11-18-14/h1,10-11H,4-9H2,2H3,(H,17,22). The molecule has 1 aliphatic rings. The fourth-order valence-corrected chi connectivity index (χ4v) is 3.61. The Labute approximate surface area is 139 Å². The van der Waals surface area contributed by atoms with E-state index >= 15 is 0 Å². The highest BCUT2D eigenvalue weighted by atomic mass is 32.1. The number of nitrogens with one attached hydrogen (secondary N) is 1. The maximum Gasteiger partial charge on any atom is 0.318 e. The van der Waals surface area contributed by atoms with Crippen LogP contribution < -0.4 is 10.2 Å². The van der Waals surface area contributed by atoms with Crippen LogP contribution in [0, 0.1) is 12.3 Å². The van der Waals surface area contributed by atoms with Crippen LogP contribution in [-0.2, 0) is 6.42 Å². The van der Waals surface area contributed by atoms with Crippen molar-refractivity contribution in [2.24, 2.45) is 0 Å². The molecule has 6 nitrogen and oxygen atoms in total. The van der Waals surface area contributed by atoms with Gasteiger partial charge in [-0.15, -0.1) is 17.8 Å². The largest absolute Gasteiger partial charge is 0.352 e. The Morgan fingerprint density at radius 1 is 1.39 bits per heavy atom. The van der Waals surface area contributed by atoms with E-state index in [9.17, 15) is 4.79 Å². The summed E-state index contributed by atoms with van der Waals surface area (Å²) in [5, 5.41) is 3.82. The second-order valence-corrected chi connectivity index (χ2v) is 6.43. The van der Waals surface area contributed by atoms with Crippen molar-refractivity contribution in [2.45, 2.75) is 13.3 Å². The molecule has 0 aromatic carbocycles. The molecular formula is C16H19N5OS. The summed E-state index contributed by atoms with van der Waals surface area (Å²) in [5.41, 5.74) is 0. The molecular weight excluding hydrogens is 310 g/mol. The number of anilines is 1. The number of urea groups is 1. The Morgan fingerprint density at radius 3 is 2.87 bits per heavy atom. The number of rotatable bonds is 3. The summed E-state index contributed by atoms with van der Waals surface area (Å²) in [6, 6.07) is 2.08. The molecule has 0 saturated carbocycles. The Kier molecular flexibility index (Phi) is 4.63. The van der Waals surface area contributed by atoms with Gasteiger partial charge in [-0.25, -0.2) is 14.8 Å². The topological polar surface area (TPSA) is 61.4 Å². The number of aromatic nitrogens is 2. The second kappa shape index (κ2) is 6.84. The first-order valence-electron chi connectivity index (χ1n) is 7.67. The van der Waals surface area contributed by atoms with Crippen LogP contribution in [-0.4, -0.2) is 53.6 Å². The van der Waals surface area contributed by atoms with Gasteiger partial charge in [-0.2, -0.15) is 0 Å². The summed E-state index contributed by atoms with van der Waals surface area (Å²) in [5.74, 6) is 3.38. The monoisotopic (exact) mass is 329 g/mol. The Balaban J connectivity index is 1.72. The van der Waals surface area contributed by atoms with Crippen molar-refractivity contribution < 1.29 is 4.79 Å². The highest BCUT2D eigenvalue weighted by molar-refractivity contribution is 7.18. The van der Waals surface area contributed by atoms with Crippen molar-refractivity contribution in [3.63, 3.8) is 0 Å². The number of amides is 2. The van der Waals surface area contributed by atoms with Gasteiger partial charge in [0.25, 0.3) is 0 Å². The maximum atomic E-state index is 11.9. The summed E-state index contributed by atoms with van der Waals surface area (Å²) < 4.78 is 0. The van der Waals surface area contributed by atoms with E-state index in [0.717, 1.165) is 35.5 Å². The average Bonchev–Trinajstić information content (AvgIpc) is 3.03. The Morgan fingerprint density at radius 2 is 2.17 bits per heavy atom. The van der Waals surface area contributed by atoms with E-state index in [4.69, 9.17) is 6.42 Å². The molecule has 0 spiro atoms. The van der Waals surface area contributed by atoms with Gasteiger partial charge in [0.05, 0.1) is 11.9 Å². The molecule has 2 amide bonds. The number of terminal acetylenes is 1. The van der Waals surface area contributed by atoms with Gasteiger partial charge in [0.2, 0.25) is 0 Å². The van der Waals surface area contributed by atoms with Crippen LogP contribution in [0.1, 0.15) is 11.8 Å². The van der Waals surface area contributed by atoms with E-state index in [-0.39, 0.29) is 12.6 Å². The number of hydrogen-bond acceptors (Lipinski definition) is 5. The highest BCUT2D eigenvalue weighted by Crippen LogP contribution is 2.30. The molecule has 7 heteroatoms. The Bertz CT molecular complexity index is 742. The van der Waals surface area contributed by atoms with Crippen molar-refractivity contribution in [3.05, 3.63) is 17.3 Å². The van der Waals surface area contributed by atoms with Crippen molar-refractivity contribution in [1.29, 1.82) is 0 Å². The fraction of sp³-hybridized carbons (Fsp3) is 0.438. The van der Waals surface area contributed by atoms with Gasteiger partial charge in [-0.3, -0.25) is 0 Å². The van der Waals surface area contributed by atoms with Crippen LogP contribution >= 0.6 is 11.3 Å². The summed E-state index contributed by atoms with van der Waals surface area (Å²) >= 11 is 1.72. The lowest BCUT2D eigenvalue weighted by atomic mass is 10.2. The lowest BCUT2D eigenvalue weighted by Crippen LogP contribution is -2.52. The third-order valence-corrected chi connectivity index (χ3v) is 5.10. The average molecular weight is 329 g/mol. The predicted octanol–water partition coefficient (Wildman–Crippen LogP) is 1.72. The molecule has 0 atom stereocenters. The van der Waals surface area contributed by atoms with E-state index in [2.05, 4.69) is 39.1 Å². The van der Waals surface area contributed by atoms with Gasteiger partial charge in [0.1, 0.15) is 17.0 Å². The zero-order chi connectivity index (χ0) is 16.2. The smallest absolute Gasteiger partial charge is 0.318 e. The van der Waals surface area contributed by atoms with Gasteiger partial charge in [0, 0.05) is 31.1 Å². The van der Waals surface area contributed by atoms with Gasteiger partial charge >= 0.3 is 6.03 Å².